The van der Waals surface area contributed by atoms with Gasteiger partial charge in [0.15, 0.2) is 0 Å². The molecule has 8 nitrogen and oxygen atoms in total. The molecule has 0 spiro atoms. The van der Waals surface area contributed by atoms with Crippen LogP contribution in [0.3, 0.4) is 0 Å². The normalized spacial score (nSPS) is 21.7. The van der Waals surface area contributed by atoms with E-state index in [4.69, 9.17) is 11.6 Å². The Morgan fingerprint density at radius 3 is 2.62 bits per heavy atom. The highest BCUT2D eigenvalue weighted by Crippen LogP contribution is 2.38. The van der Waals surface area contributed by atoms with E-state index in [9.17, 15) is 18.0 Å². The number of rotatable bonds is 9. The van der Waals surface area contributed by atoms with Crippen LogP contribution in [0.2, 0.25) is 5.02 Å². The van der Waals surface area contributed by atoms with Crippen molar-refractivity contribution in [3.05, 3.63) is 35.0 Å². The molecular formula is C25H31ClF3N7O. The average Bonchev–Trinajstić information content (AvgIpc) is 3.38. The van der Waals surface area contributed by atoms with E-state index in [-0.39, 0.29) is 30.1 Å². The van der Waals surface area contributed by atoms with E-state index >= 15 is 0 Å². The summed E-state index contributed by atoms with van der Waals surface area (Å²) in [4.78, 5) is 24.6. The zero-order valence-electron chi connectivity index (χ0n) is 20.6. The van der Waals surface area contributed by atoms with Crippen molar-refractivity contribution >= 4 is 40.6 Å². The standard InChI is InChI=1S/C25H31ClF3N7O/c1-35-13-18-10-17(35)14-36(18)16-6-7-21(20(26)11-16)33-24-32-12-19(25(27,28)29)22(34-24)30-8-3-9-31-23(37)15-4-2-5-15/h6-7,11-12,15,17-18H,2-5,8-10,13-14H2,1H3,(H,31,37)(H2,30,32,33,34). The Morgan fingerprint density at radius 1 is 1.19 bits per heavy atom. The number of fused-ring (bicyclic) bond motifs is 2. The molecule has 2 atom stereocenters. The summed E-state index contributed by atoms with van der Waals surface area (Å²) in [6.07, 6.45) is 0.618. The Labute approximate surface area is 219 Å². The summed E-state index contributed by atoms with van der Waals surface area (Å²) in [5.41, 5.74) is 0.583. The number of aromatic nitrogens is 2. The van der Waals surface area contributed by atoms with Gasteiger partial charge in [0.25, 0.3) is 0 Å². The van der Waals surface area contributed by atoms with Crippen molar-refractivity contribution in [2.45, 2.75) is 50.4 Å². The third-order valence-electron chi connectivity index (χ3n) is 7.56. The van der Waals surface area contributed by atoms with Gasteiger partial charge < -0.3 is 20.9 Å². The highest BCUT2D eigenvalue weighted by molar-refractivity contribution is 6.33. The number of piperazine rings is 1. The molecule has 5 rings (SSSR count). The van der Waals surface area contributed by atoms with E-state index < -0.39 is 11.7 Å². The summed E-state index contributed by atoms with van der Waals surface area (Å²) in [7, 11) is 2.14. The Morgan fingerprint density at radius 2 is 2.00 bits per heavy atom. The molecule has 3 aliphatic rings. The number of carbonyl (C=O) groups excluding carboxylic acids is 1. The van der Waals surface area contributed by atoms with Crippen LogP contribution in [0.5, 0.6) is 0 Å². The minimum absolute atomic E-state index is 0.00490. The van der Waals surface area contributed by atoms with Gasteiger partial charge in [0.05, 0.1) is 10.7 Å². The molecule has 12 heteroatoms. The highest BCUT2D eigenvalue weighted by atomic mass is 35.5. The Kier molecular flexibility index (Phi) is 7.35. The van der Waals surface area contributed by atoms with Gasteiger partial charge in [-0.2, -0.15) is 18.2 Å². The van der Waals surface area contributed by atoms with E-state index in [0.29, 0.717) is 35.8 Å². The van der Waals surface area contributed by atoms with Crippen LogP contribution in [0, 0.1) is 5.92 Å². The number of nitrogens with one attached hydrogen (secondary N) is 3. The number of alkyl halides is 3. The number of carbonyl (C=O) groups is 1. The Bertz CT molecular complexity index is 1140. The molecule has 0 radical (unpaired) electrons. The third-order valence-corrected chi connectivity index (χ3v) is 7.87. The molecule has 2 saturated heterocycles. The van der Waals surface area contributed by atoms with Crippen LogP contribution in [0.1, 0.15) is 37.7 Å². The van der Waals surface area contributed by atoms with Gasteiger partial charge in [-0.05, 0) is 50.9 Å². The predicted octanol–water partition coefficient (Wildman–Crippen LogP) is 4.50. The molecule has 3 heterocycles. The molecule has 2 unspecified atom stereocenters. The largest absolute Gasteiger partial charge is 0.421 e. The van der Waals surface area contributed by atoms with Crippen LogP contribution in [0.4, 0.5) is 36.3 Å². The van der Waals surface area contributed by atoms with E-state index in [1.165, 1.54) is 0 Å². The fourth-order valence-corrected chi connectivity index (χ4v) is 5.41. The molecule has 2 bridgehead atoms. The second-order valence-corrected chi connectivity index (χ2v) is 10.5. The van der Waals surface area contributed by atoms with Crippen molar-refractivity contribution < 1.29 is 18.0 Å². The summed E-state index contributed by atoms with van der Waals surface area (Å²) in [5, 5.41) is 8.97. The molecule has 1 aromatic carbocycles. The Balaban J connectivity index is 1.22. The smallest absolute Gasteiger partial charge is 0.369 e. The zero-order valence-corrected chi connectivity index (χ0v) is 21.4. The second kappa shape index (κ2) is 10.5. The van der Waals surface area contributed by atoms with Crippen molar-refractivity contribution in [1.82, 2.24) is 20.2 Å². The molecule has 1 amide bonds. The monoisotopic (exact) mass is 537 g/mol. The van der Waals surface area contributed by atoms with Gasteiger partial charge in [-0.25, -0.2) is 4.98 Å². The molecule has 2 aromatic rings. The molecule has 1 saturated carbocycles. The van der Waals surface area contributed by atoms with E-state index in [1.807, 2.05) is 12.1 Å². The quantitative estimate of drug-likeness (QED) is 0.406. The predicted molar refractivity (Wildman–Crippen MR) is 137 cm³/mol. The maximum absolute atomic E-state index is 13.5. The number of hydrogen-bond donors (Lipinski definition) is 3. The SMILES string of the molecule is CN1CC2CC1CN2c1ccc(Nc2ncc(C(F)(F)F)c(NCCCNC(=O)C3CCC3)n2)c(Cl)c1. The topological polar surface area (TPSA) is 85.4 Å². The first-order valence-electron chi connectivity index (χ1n) is 12.7. The number of halogens is 4. The number of likely N-dealkylation sites (tertiary alicyclic amines) is 1. The van der Waals surface area contributed by atoms with Crippen molar-refractivity contribution in [3.8, 4) is 0 Å². The summed E-state index contributed by atoms with van der Waals surface area (Å²) < 4.78 is 40.6. The fraction of sp³-hybridized carbons (Fsp3) is 0.560. The lowest BCUT2D eigenvalue weighted by Gasteiger charge is -2.33. The number of nitrogens with zero attached hydrogens (tertiary/aromatic N) is 4. The summed E-state index contributed by atoms with van der Waals surface area (Å²) in [6.45, 7) is 2.57. The second-order valence-electron chi connectivity index (χ2n) is 10.1. The minimum Gasteiger partial charge on any atom is -0.369 e. The molecule has 1 aliphatic carbocycles. The molecule has 3 fully saturated rings. The molecule has 37 heavy (non-hydrogen) atoms. The molecule has 2 aliphatic heterocycles. The third kappa shape index (κ3) is 5.72. The van der Waals surface area contributed by atoms with Gasteiger partial charge >= 0.3 is 6.18 Å². The lowest BCUT2D eigenvalue weighted by molar-refractivity contribution is -0.137. The summed E-state index contributed by atoms with van der Waals surface area (Å²) in [6, 6.07) is 6.63. The van der Waals surface area contributed by atoms with Crippen molar-refractivity contribution in [1.29, 1.82) is 0 Å². The molecule has 3 N–H and O–H groups in total. The lowest BCUT2D eigenvalue weighted by atomic mass is 9.85. The van der Waals surface area contributed by atoms with E-state index in [2.05, 4.69) is 42.8 Å². The van der Waals surface area contributed by atoms with Crippen LogP contribution in [0.15, 0.2) is 24.4 Å². The van der Waals surface area contributed by atoms with Gasteiger partial charge in [0.2, 0.25) is 11.9 Å². The van der Waals surface area contributed by atoms with Gasteiger partial charge in [0, 0.05) is 56.1 Å². The first-order valence-corrected chi connectivity index (χ1v) is 13.1. The number of amides is 1. The number of hydrogen-bond acceptors (Lipinski definition) is 7. The molecule has 200 valence electrons. The maximum atomic E-state index is 13.5. The average molecular weight is 538 g/mol. The van der Waals surface area contributed by atoms with Gasteiger partial charge in [-0.3, -0.25) is 9.69 Å². The van der Waals surface area contributed by atoms with Crippen LogP contribution in [-0.2, 0) is 11.0 Å². The number of anilines is 4. The number of likely N-dealkylation sites (N-methyl/N-ethyl adjacent to an activating group) is 1. The molecular weight excluding hydrogens is 507 g/mol. The fourth-order valence-electron chi connectivity index (χ4n) is 5.19. The van der Waals surface area contributed by atoms with E-state index in [1.54, 1.807) is 6.07 Å². The summed E-state index contributed by atoms with van der Waals surface area (Å²) >= 11 is 6.53. The van der Waals surface area contributed by atoms with Crippen molar-refractivity contribution in [2.24, 2.45) is 5.92 Å². The van der Waals surface area contributed by atoms with Gasteiger partial charge in [-0.15, -0.1) is 0 Å². The maximum Gasteiger partial charge on any atom is 0.421 e. The lowest BCUT2D eigenvalue weighted by Crippen LogP contribution is -2.44. The van der Waals surface area contributed by atoms with Crippen LogP contribution >= 0.6 is 11.6 Å². The van der Waals surface area contributed by atoms with Gasteiger partial charge in [0.1, 0.15) is 11.4 Å². The van der Waals surface area contributed by atoms with Crippen molar-refractivity contribution in [2.75, 3.05) is 48.8 Å². The molecule has 1 aromatic heterocycles. The van der Waals surface area contributed by atoms with Crippen molar-refractivity contribution in [3.63, 3.8) is 0 Å². The Hall–Kier alpha value is -2.79. The first-order chi connectivity index (χ1) is 17.7. The minimum atomic E-state index is -4.61. The number of benzene rings is 1. The van der Waals surface area contributed by atoms with Crippen LogP contribution < -0.4 is 20.9 Å². The highest BCUT2D eigenvalue weighted by Gasteiger charge is 2.41. The van der Waals surface area contributed by atoms with Crippen LogP contribution in [0.25, 0.3) is 0 Å². The summed E-state index contributed by atoms with van der Waals surface area (Å²) in [5.74, 6) is -0.220. The van der Waals surface area contributed by atoms with E-state index in [0.717, 1.165) is 50.7 Å². The first kappa shape index (κ1) is 25.8. The van der Waals surface area contributed by atoms with Crippen LogP contribution in [-0.4, -0.2) is 66.1 Å². The zero-order chi connectivity index (χ0) is 26.2. The van der Waals surface area contributed by atoms with Gasteiger partial charge in [-0.1, -0.05) is 18.0 Å².